The van der Waals surface area contributed by atoms with E-state index >= 15 is 0 Å². The first-order valence-electron chi connectivity index (χ1n) is 6.07. The predicted molar refractivity (Wildman–Crippen MR) is 70.2 cm³/mol. The molecule has 1 amide bonds. The molecule has 2 rings (SSSR count). The van der Waals surface area contributed by atoms with Gasteiger partial charge in [-0.05, 0) is 18.2 Å². The van der Waals surface area contributed by atoms with Crippen LogP contribution < -0.4 is 9.64 Å². The van der Waals surface area contributed by atoms with Crippen molar-refractivity contribution in [1.82, 2.24) is 0 Å². The fourth-order valence-corrected chi connectivity index (χ4v) is 2.23. The first-order valence-corrected chi connectivity index (χ1v) is 6.07. The van der Waals surface area contributed by atoms with Gasteiger partial charge in [-0.15, -0.1) is 0 Å². The Kier molecular flexibility index (Phi) is 3.89. The largest absolute Gasteiger partial charge is 0.497 e. The van der Waals surface area contributed by atoms with Gasteiger partial charge in [-0.25, -0.2) is 0 Å². The van der Waals surface area contributed by atoms with Crippen molar-refractivity contribution in [2.24, 2.45) is 5.92 Å². The third kappa shape index (κ3) is 2.43. The minimum atomic E-state index is -0.485. The fourth-order valence-electron chi connectivity index (χ4n) is 2.23. The topological polar surface area (TPSA) is 79.6 Å². The summed E-state index contributed by atoms with van der Waals surface area (Å²) in [6, 6.07) is 6.92. The van der Waals surface area contributed by atoms with Crippen LogP contribution in [0.1, 0.15) is 12.0 Å². The van der Waals surface area contributed by atoms with Crippen molar-refractivity contribution in [3.8, 4) is 11.8 Å². The molecule has 6 nitrogen and oxygen atoms in total. The van der Waals surface area contributed by atoms with Crippen molar-refractivity contribution in [3.63, 3.8) is 0 Å². The van der Waals surface area contributed by atoms with Gasteiger partial charge in [-0.3, -0.25) is 9.59 Å². The second-order valence-corrected chi connectivity index (χ2v) is 4.42. The molecule has 0 spiro atoms. The normalized spacial score (nSPS) is 17.8. The third-order valence-electron chi connectivity index (χ3n) is 3.27. The minimum Gasteiger partial charge on any atom is -0.497 e. The number of rotatable bonds is 3. The highest BCUT2D eigenvalue weighted by Gasteiger charge is 2.36. The molecule has 0 bridgehead atoms. The van der Waals surface area contributed by atoms with Crippen molar-refractivity contribution in [2.75, 3.05) is 25.7 Å². The van der Waals surface area contributed by atoms with E-state index in [0.717, 1.165) is 0 Å². The summed E-state index contributed by atoms with van der Waals surface area (Å²) in [7, 11) is 2.80. The van der Waals surface area contributed by atoms with Crippen LogP contribution in [0.3, 0.4) is 0 Å². The van der Waals surface area contributed by atoms with Crippen molar-refractivity contribution >= 4 is 17.6 Å². The Balaban J connectivity index is 2.31. The lowest BCUT2D eigenvalue weighted by Gasteiger charge is -2.18. The van der Waals surface area contributed by atoms with E-state index in [4.69, 9.17) is 4.74 Å². The Morgan fingerprint density at radius 2 is 2.20 bits per heavy atom. The van der Waals surface area contributed by atoms with E-state index in [1.807, 2.05) is 6.07 Å². The van der Waals surface area contributed by atoms with Crippen LogP contribution in [0, 0.1) is 17.2 Å². The summed E-state index contributed by atoms with van der Waals surface area (Å²) in [6.45, 7) is 0.229. The molecule has 0 N–H and O–H groups in total. The zero-order valence-corrected chi connectivity index (χ0v) is 11.3. The van der Waals surface area contributed by atoms with Crippen LogP contribution in [0.4, 0.5) is 5.69 Å². The lowest BCUT2D eigenvalue weighted by atomic mass is 10.1. The predicted octanol–water partition coefficient (Wildman–Crippen LogP) is 1.09. The Morgan fingerprint density at radius 3 is 2.80 bits per heavy atom. The number of nitriles is 1. The van der Waals surface area contributed by atoms with E-state index in [-0.39, 0.29) is 18.9 Å². The van der Waals surface area contributed by atoms with E-state index in [0.29, 0.717) is 17.0 Å². The van der Waals surface area contributed by atoms with Gasteiger partial charge < -0.3 is 14.4 Å². The monoisotopic (exact) mass is 274 g/mol. The van der Waals surface area contributed by atoms with Gasteiger partial charge in [-0.1, -0.05) is 0 Å². The number of hydrogen-bond acceptors (Lipinski definition) is 5. The summed E-state index contributed by atoms with van der Waals surface area (Å²) >= 11 is 0. The maximum atomic E-state index is 12.0. The molecule has 0 aromatic heterocycles. The maximum absolute atomic E-state index is 12.0. The summed E-state index contributed by atoms with van der Waals surface area (Å²) in [5, 5.41) is 9.17. The van der Waals surface area contributed by atoms with Crippen LogP contribution in [-0.2, 0) is 14.3 Å². The Morgan fingerprint density at radius 1 is 1.45 bits per heavy atom. The number of esters is 1. The highest BCUT2D eigenvalue weighted by Crippen LogP contribution is 2.30. The molecule has 20 heavy (non-hydrogen) atoms. The van der Waals surface area contributed by atoms with Gasteiger partial charge in [0.2, 0.25) is 5.91 Å². The molecule has 1 saturated heterocycles. The quantitative estimate of drug-likeness (QED) is 0.771. The molecule has 1 unspecified atom stereocenters. The average Bonchev–Trinajstić information content (AvgIpc) is 2.87. The SMILES string of the molecule is COC(=O)C1CC(=O)N(c2ccc(OC)cc2C#N)C1. The molecule has 6 heteroatoms. The molecule has 1 fully saturated rings. The van der Waals surface area contributed by atoms with Crippen molar-refractivity contribution < 1.29 is 19.1 Å². The number of nitrogens with zero attached hydrogens (tertiary/aromatic N) is 2. The number of benzene rings is 1. The fraction of sp³-hybridized carbons (Fsp3) is 0.357. The zero-order chi connectivity index (χ0) is 14.7. The number of carbonyl (C=O) groups excluding carboxylic acids is 2. The number of methoxy groups -OCH3 is 2. The maximum Gasteiger partial charge on any atom is 0.311 e. The Labute approximate surface area is 116 Å². The van der Waals surface area contributed by atoms with Crippen LogP contribution >= 0.6 is 0 Å². The Bertz CT molecular complexity index is 591. The molecule has 0 saturated carbocycles. The smallest absolute Gasteiger partial charge is 0.311 e. The van der Waals surface area contributed by atoms with Gasteiger partial charge in [0.15, 0.2) is 0 Å². The molecule has 0 radical (unpaired) electrons. The van der Waals surface area contributed by atoms with E-state index in [9.17, 15) is 14.9 Å². The number of anilines is 1. The summed E-state index contributed by atoms with van der Waals surface area (Å²) in [4.78, 5) is 25.0. The van der Waals surface area contributed by atoms with Crippen LogP contribution in [-0.4, -0.2) is 32.6 Å². The second-order valence-electron chi connectivity index (χ2n) is 4.42. The minimum absolute atomic E-state index is 0.101. The van der Waals surface area contributed by atoms with E-state index in [1.54, 1.807) is 18.2 Å². The van der Waals surface area contributed by atoms with Crippen molar-refractivity contribution in [1.29, 1.82) is 5.26 Å². The number of ether oxygens (including phenoxy) is 2. The first kappa shape index (κ1) is 13.9. The second kappa shape index (κ2) is 5.61. The van der Waals surface area contributed by atoms with E-state index in [1.165, 1.54) is 19.1 Å². The molecule has 1 aromatic rings. The standard InChI is InChI=1S/C14H14N2O4/c1-19-11-3-4-12(9(5-11)7-15)16-8-10(6-13(16)17)14(18)20-2/h3-5,10H,6,8H2,1-2H3. The van der Waals surface area contributed by atoms with Gasteiger partial charge >= 0.3 is 5.97 Å². The van der Waals surface area contributed by atoms with Gasteiger partial charge in [0.25, 0.3) is 0 Å². The molecule has 1 aromatic carbocycles. The average molecular weight is 274 g/mol. The first-order chi connectivity index (χ1) is 9.60. The summed E-state index contributed by atoms with van der Waals surface area (Å²) in [5.74, 6) is -0.544. The Hall–Kier alpha value is -2.55. The number of carbonyl (C=O) groups is 2. The van der Waals surface area contributed by atoms with Crippen LogP contribution in [0.2, 0.25) is 0 Å². The zero-order valence-electron chi connectivity index (χ0n) is 11.3. The third-order valence-corrected chi connectivity index (χ3v) is 3.27. The van der Waals surface area contributed by atoms with Crippen molar-refractivity contribution in [3.05, 3.63) is 23.8 Å². The van der Waals surface area contributed by atoms with Crippen LogP contribution in [0.5, 0.6) is 5.75 Å². The summed E-state index contributed by atoms with van der Waals surface area (Å²) < 4.78 is 9.71. The van der Waals surface area contributed by atoms with Gasteiger partial charge in [-0.2, -0.15) is 5.26 Å². The summed E-state index contributed by atoms with van der Waals surface area (Å²) in [5.41, 5.74) is 0.827. The van der Waals surface area contributed by atoms with Crippen molar-refractivity contribution in [2.45, 2.75) is 6.42 Å². The highest BCUT2D eigenvalue weighted by atomic mass is 16.5. The molecule has 1 atom stereocenters. The molecule has 0 aliphatic carbocycles. The lowest BCUT2D eigenvalue weighted by molar-refractivity contribution is -0.145. The van der Waals surface area contributed by atoms with Crippen LogP contribution in [0.15, 0.2) is 18.2 Å². The molecular weight excluding hydrogens is 260 g/mol. The lowest BCUT2D eigenvalue weighted by Crippen LogP contribution is -2.26. The molecule has 104 valence electrons. The molecule has 1 heterocycles. The highest BCUT2D eigenvalue weighted by molar-refractivity contribution is 6.00. The van der Waals surface area contributed by atoms with Crippen LogP contribution in [0.25, 0.3) is 0 Å². The summed E-state index contributed by atoms with van der Waals surface area (Å²) in [6.07, 6.45) is 0.101. The molecule has 1 aliphatic rings. The molecular formula is C14H14N2O4. The van der Waals surface area contributed by atoms with Gasteiger partial charge in [0.1, 0.15) is 11.8 Å². The van der Waals surface area contributed by atoms with E-state index in [2.05, 4.69) is 4.74 Å². The van der Waals surface area contributed by atoms with Gasteiger partial charge in [0, 0.05) is 13.0 Å². The molecule has 1 aliphatic heterocycles. The number of hydrogen-bond donors (Lipinski definition) is 0. The van der Waals surface area contributed by atoms with Gasteiger partial charge in [0.05, 0.1) is 31.4 Å². The number of amides is 1. The van der Waals surface area contributed by atoms with E-state index < -0.39 is 11.9 Å².